The molecule has 0 heterocycles. The van der Waals surface area contributed by atoms with Crippen molar-refractivity contribution in [1.82, 2.24) is 0 Å². The minimum absolute atomic E-state index is 0.448. The standard InChI is InChI=1S/C15H14F3NO/c1-9-7-11(15(16,17)18)4-5-12(9)10-3-6-14(20-2)13(19)8-10/h3-8H,19H2,1-2H3. The van der Waals surface area contributed by atoms with Gasteiger partial charge in [0.1, 0.15) is 5.75 Å². The summed E-state index contributed by atoms with van der Waals surface area (Å²) in [5.41, 5.74) is 7.63. The second-order valence-corrected chi connectivity index (χ2v) is 4.48. The average molecular weight is 281 g/mol. The maximum atomic E-state index is 12.6. The maximum Gasteiger partial charge on any atom is 0.416 e. The van der Waals surface area contributed by atoms with Gasteiger partial charge in [0.25, 0.3) is 0 Å². The molecule has 0 amide bonds. The number of halogens is 3. The Morgan fingerprint density at radius 2 is 1.75 bits per heavy atom. The predicted octanol–water partition coefficient (Wildman–Crippen LogP) is 4.27. The van der Waals surface area contributed by atoms with Crippen LogP contribution in [0.2, 0.25) is 0 Å². The Balaban J connectivity index is 2.46. The van der Waals surface area contributed by atoms with E-state index in [9.17, 15) is 13.2 Å². The fraction of sp³-hybridized carbons (Fsp3) is 0.200. The number of methoxy groups -OCH3 is 1. The smallest absolute Gasteiger partial charge is 0.416 e. The normalized spacial score (nSPS) is 11.4. The van der Waals surface area contributed by atoms with Crippen molar-refractivity contribution >= 4 is 5.69 Å². The molecule has 5 heteroatoms. The third kappa shape index (κ3) is 2.71. The quantitative estimate of drug-likeness (QED) is 0.834. The third-order valence-electron chi connectivity index (χ3n) is 3.09. The Kier molecular flexibility index (Phi) is 3.61. The van der Waals surface area contributed by atoms with Gasteiger partial charge >= 0.3 is 6.18 Å². The van der Waals surface area contributed by atoms with Crippen molar-refractivity contribution in [3.63, 3.8) is 0 Å². The van der Waals surface area contributed by atoms with Crippen LogP contribution in [0.15, 0.2) is 36.4 Å². The number of nitrogen functional groups attached to an aromatic ring is 1. The fourth-order valence-corrected chi connectivity index (χ4v) is 2.07. The van der Waals surface area contributed by atoms with Gasteiger partial charge in [0.15, 0.2) is 0 Å². The van der Waals surface area contributed by atoms with Crippen LogP contribution in [0.25, 0.3) is 11.1 Å². The van der Waals surface area contributed by atoms with Gasteiger partial charge in [-0.15, -0.1) is 0 Å². The molecular formula is C15H14F3NO. The molecule has 2 rings (SSSR count). The Bertz CT molecular complexity index is 636. The van der Waals surface area contributed by atoms with E-state index in [1.165, 1.54) is 13.2 Å². The zero-order chi connectivity index (χ0) is 14.9. The van der Waals surface area contributed by atoms with Crippen molar-refractivity contribution in [2.24, 2.45) is 0 Å². The van der Waals surface area contributed by atoms with Gasteiger partial charge in [0.05, 0.1) is 18.4 Å². The second kappa shape index (κ2) is 5.07. The monoisotopic (exact) mass is 281 g/mol. The summed E-state index contributed by atoms with van der Waals surface area (Å²) in [6, 6.07) is 8.82. The molecule has 2 N–H and O–H groups in total. The first-order valence-corrected chi connectivity index (χ1v) is 5.94. The van der Waals surface area contributed by atoms with Crippen molar-refractivity contribution in [2.75, 3.05) is 12.8 Å². The summed E-state index contributed by atoms with van der Waals surface area (Å²) in [6.45, 7) is 1.64. The number of aryl methyl sites for hydroxylation is 1. The molecule has 2 aromatic rings. The number of anilines is 1. The Hall–Kier alpha value is -2.17. The van der Waals surface area contributed by atoms with Gasteiger partial charge in [-0.1, -0.05) is 12.1 Å². The van der Waals surface area contributed by atoms with Gasteiger partial charge < -0.3 is 10.5 Å². The summed E-state index contributed by atoms with van der Waals surface area (Å²) in [5, 5.41) is 0. The number of alkyl halides is 3. The molecule has 0 radical (unpaired) electrons. The number of ether oxygens (including phenoxy) is 1. The van der Waals surface area contributed by atoms with Crippen molar-refractivity contribution in [1.29, 1.82) is 0 Å². The average Bonchev–Trinajstić information content (AvgIpc) is 2.37. The van der Waals surface area contributed by atoms with Crippen LogP contribution in [-0.2, 0) is 6.18 Å². The van der Waals surface area contributed by atoms with Gasteiger partial charge in [-0.25, -0.2) is 0 Å². The van der Waals surface area contributed by atoms with Gasteiger partial charge in [-0.3, -0.25) is 0 Å². The molecule has 20 heavy (non-hydrogen) atoms. The van der Waals surface area contributed by atoms with E-state index in [0.29, 0.717) is 22.6 Å². The molecule has 0 spiro atoms. The lowest BCUT2D eigenvalue weighted by Crippen LogP contribution is -2.05. The largest absolute Gasteiger partial charge is 0.495 e. The van der Waals surface area contributed by atoms with Gasteiger partial charge in [0.2, 0.25) is 0 Å². The molecular weight excluding hydrogens is 267 g/mol. The van der Waals surface area contributed by atoms with Crippen molar-refractivity contribution in [2.45, 2.75) is 13.1 Å². The van der Waals surface area contributed by atoms with Crippen LogP contribution in [0.1, 0.15) is 11.1 Å². The van der Waals surface area contributed by atoms with Crippen LogP contribution in [-0.4, -0.2) is 7.11 Å². The predicted molar refractivity (Wildman–Crippen MR) is 72.6 cm³/mol. The number of rotatable bonds is 2. The summed E-state index contributed by atoms with van der Waals surface area (Å²) in [5.74, 6) is 0.540. The van der Waals surface area contributed by atoms with Gasteiger partial charge in [0, 0.05) is 0 Å². The molecule has 0 bridgehead atoms. The number of hydrogen-bond acceptors (Lipinski definition) is 2. The molecule has 0 aliphatic rings. The minimum Gasteiger partial charge on any atom is -0.495 e. The first kappa shape index (κ1) is 14.2. The first-order valence-electron chi connectivity index (χ1n) is 5.94. The summed E-state index contributed by atoms with van der Waals surface area (Å²) in [6.07, 6.45) is -4.33. The fourth-order valence-electron chi connectivity index (χ4n) is 2.07. The molecule has 0 saturated heterocycles. The lowest BCUT2D eigenvalue weighted by molar-refractivity contribution is -0.137. The summed E-state index contributed by atoms with van der Waals surface area (Å²) < 4.78 is 42.9. The van der Waals surface area contributed by atoms with Crippen LogP contribution in [0, 0.1) is 6.92 Å². The second-order valence-electron chi connectivity index (χ2n) is 4.48. The molecule has 2 nitrogen and oxygen atoms in total. The molecule has 2 aromatic carbocycles. The van der Waals surface area contributed by atoms with Crippen LogP contribution in [0.5, 0.6) is 5.75 Å². The zero-order valence-corrected chi connectivity index (χ0v) is 11.1. The van der Waals surface area contributed by atoms with E-state index < -0.39 is 11.7 Å². The number of nitrogens with two attached hydrogens (primary N) is 1. The van der Waals surface area contributed by atoms with Gasteiger partial charge in [-0.2, -0.15) is 13.2 Å². The van der Waals surface area contributed by atoms with Crippen LogP contribution >= 0.6 is 0 Å². The first-order chi connectivity index (χ1) is 9.32. The maximum absolute atomic E-state index is 12.6. The zero-order valence-electron chi connectivity index (χ0n) is 11.1. The number of hydrogen-bond donors (Lipinski definition) is 1. The van der Waals surface area contributed by atoms with Gasteiger partial charge in [-0.05, 0) is 47.9 Å². The Morgan fingerprint density at radius 1 is 1.05 bits per heavy atom. The van der Waals surface area contributed by atoms with E-state index in [2.05, 4.69) is 0 Å². The van der Waals surface area contributed by atoms with E-state index in [-0.39, 0.29) is 0 Å². The molecule has 106 valence electrons. The van der Waals surface area contributed by atoms with E-state index in [1.807, 2.05) is 0 Å². The SMILES string of the molecule is COc1ccc(-c2ccc(C(F)(F)F)cc2C)cc1N. The van der Waals surface area contributed by atoms with E-state index in [0.717, 1.165) is 17.7 Å². The van der Waals surface area contributed by atoms with Crippen LogP contribution in [0.3, 0.4) is 0 Å². The summed E-state index contributed by atoms with van der Waals surface area (Å²) in [7, 11) is 1.51. The molecule has 0 saturated carbocycles. The molecule has 0 atom stereocenters. The third-order valence-corrected chi connectivity index (χ3v) is 3.09. The van der Waals surface area contributed by atoms with E-state index in [1.54, 1.807) is 25.1 Å². The van der Waals surface area contributed by atoms with Crippen LogP contribution in [0.4, 0.5) is 18.9 Å². The van der Waals surface area contributed by atoms with E-state index in [4.69, 9.17) is 10.5 Å². The summed E-state index contributed by atoms with van der Waals surface area (Å²) in [4.78, 5) is 0. The molecule has 0 aliphatic heterocycles. The highest BCUT2D eigenvalue weighted by Gasteiger charge is 2.30. The lowest BCUT2D eigenvalue weighted by atomic mass is 9.98. The highest BCUT2D eigenvalue weighted by Crippen LogP contribution is 2.34. The highest BCUT2D eigenvalue weighted by molar-refractivity contribution is 5.73. The number of benzene rings is 2. The van der Waals surface area contributed by atoms with Crippen molar-refractivity contribution < 1.29 is 17.9 Å². The summed E-state index contributed by atoms with van der Waals surface area (Å²) >= 11 is 0. The molecule has 0 aromatic heterocycles. The van der Waals surface area contributed by atoms with E-state index >= 15 is 0 Å². The minimum atomic E-state index is -4.33. The van der Waals surface area contributed by atoms with Crippen molar-refractivity contribution in [3.05, 3.63) is 47.5 Å². The Morgan fingerprint density at radius 3 is 2.25 bits per heavy atom. The highest BCUT2D eigenvalue weighted by atomic mass is 19.4. The molecule has 0 aliphatic carbocycles. The van der Waals surface area contributed by atoms with Crippen molar-refractivity contribution in [3.8, 4) is 16.9 Å². The topological polar surface area (TPSA) is 35.2 Å². The lowest BCUT2D eigenvalue weighted by Gasteiger charge is -2.12. The Labute approximate surface area is 115 Å². The van der Waals surface area contributed by atoms with Crippen LogP contribution < -0.4 is 10.5 Å². The molecule has 0 unspecified atom stereocenters. The molecule has 0 fully saturated rings.